The Morgan fingerprint density at radius 2 is 2.03 bits per heavy atom. The van der Waals surface area contributed by atoms with Crippen molar-refractivity contribution in [2.75, 3.05) is 5.32 Å². The van der Waals surface area contributed by atoms with Gasteiger partial charge in [-0.1, -0.05) is 31.7 Å². The van der Waals surface area contributed by atoms with Gasteiger partial charge in [-0.25, -0.2) is 4.98 Å². The maximum Gasteiger partial charge on any atom is 0.159 e. The second-order valence-corrected chi connectivity index (χ2v) is 11.0. The maximum atomic E-state index is 4.99. The molecule has 0 unspecified atom stereocenters. The van der Waals surface area contributed by atoms with Gasteiger partial charge >= 0.3 is 0 Å². The van der Waals surface area contributed by atoms with Crippen LogP contribution in [0.3, 0.4) is 0 Å². The molecule has 0 aromatic carbocycles. The molecule has 1 saturated carbocycles. The van der Waals surface area contributed by atoms with Crippen LogP contribution in [0.4, 0.5) is 5.69 Å². The summed E-state index contributed by atoms with van der Waals surface area (Å²) in [5.41, 5.74) is 8.21. The highest BCUT2D eigenvalue weighted by molar-refractivity contribution is 7.13. The third-order valence-electron chi connectivity index (χ3n) is 7.04. The lowest BCUT2D eigenvalue weighted by atomic mass is 9.83. The van der Waals surface area contributed by atoms with Crippen molar-refractivity contribution in [2.24, 2.45) is 5.92 Å². The second kappa shape index (κ2) is 9.87. The Labute approximate surface area is 225 Å². The number of aromatic nitrogens is 6. The third kappa shape index (κ3) is 4.48. The van der Waals surface area contributed by atoms with Gasteiger partial charge in [0.1, 0.15) is 5.69 Å². The molecule has 5 heterocycles. The van der Waals surface area contributed by atoms with Gasteiger partial charge in [-0.15, -0.1) is 11.3 Å². The minimum Gasteiger partial charge on any atom is -0.358 e. The summed E-state index contributed by atoms with van der Waals surface area (Å²) in [4.78, 5) is 20.0. The van der Waals surface area contributed by atoms with Crippen molar-refractivity contribution in [3.05, 3.63) is 95.0 Å². The van der Waals surface area contributed by atoms with Gasteiger partial charge < -0.3 is 10.3 Å². The number of hydrogen-bond acceptors (Lipinski definition) is 6. The van der Waals surface area contributed by atoms with Crippen LogP contribution in [0.15, 0.2) is 73.9 Å². The molecule has 5 aromatic heterocycles. The van der Waals surface area contributed by atoms with Crippen LogP contribution in [0, 0.1) is 19.8 Å². The molecule has 0 atom stereocenters. The predicted molar refractivity (Wildman–Crippen MR) is 156 cm³/mol. The Kier molecular flexibility index (Phi) is 6.25. The lowest BCUT2D eigenvalue weighted by Gasteiger charge is -2.28. The molecular weight excluding hydrogens is 490 g/mol. The highest BCUT2D eigenvalue weighted by Crippen LogP contribution is 2.35. The minimum absolute atomic E-state index is 0.550. The standard InChI is InChI=1S/C30H29N7S/c1-5-7-23(27-11-10-17(2)38-27)28-19(4)34-30(35-28)29-24-13-25(32-16-26(24)36-37-29)21-12-22(15-31-14-21)33-18(3)20-8-6-9-20/h5,7,10-16,20,33H,1,3,6,8-9H2,2,4H3,(H,34,35)(H,36,37)/b23-7-. The molecule has 190 valence electrons. The highest BCUT2D eigenvalue weighted by atomic mass is 32.1. The third-order valence-corrected chi connectivity index (χ3v) is 8.07. The van der Waals surface area contributed by atoms with Crippen LogP contribution in [-0.2, 0) is 0 Å². The molecule has 3 N–H and O–H groups in total. The number of imidazole rings is 1. The van der Waals surface area contributed by atoms with Crippen molar-refractivity contribution in [2.45, 2.75) is 33.1 Å². The first-order chi connectivity index (χ1) is 18.5. The van der Waals surface area contributed by atoms with Crippen molar-refractivity contribution in [3.8, 4) is 22.8 Å². The van der Waals surface area contributed by atoms with Gasteiger partial charge in [0.15, 0.2) is 5.82 Å². The number of thiophene rings is 1. The first kappa shape index (κ1) is 24.1. The first-order valence-electron chi connectivity index (χ1n) is 12.7. The van der Waals surface area contributed by atoms with Crippen LogP contribution in [0.5, 0.6) is 0 Å². The van der Waals surface area contributed by atoms with Crippen LogP contribution in [-0.4, -0.2) is 30.1 Å². The van der Waals surface area contributed by atoms with E-state index in [1.165, 1.54) is 24.1 Å². The largest absolute Gasteiger partial charge is 0.358 e. The Bertz CT molecular complexity index is 1700. The second-order valence-electron chi connectivity index (χ2n) is 9.71. The van der Waals surface area contributed by atoms with Crippen LogP contribution in [0.1, 0.15) is 40.4 Å². The maximum absolute atomic E-state index is 4.99. The zero-order chi connectivity index (χ0) is 26.2. The Morgan fingerprint density at radius 3 is 2.76 bits per heavy atom. The molecule has 6 rings (SSSR count). The summed E-state index contributed by atoms with van der Waals surface area (Å²) in [7, 11) is 0. The van der Waals surface area contributed by atoms with Crippen LogP contribution < -0.4 is 5.32 Å². The van der Waals surface area contributed by atoms with Gasteiger partial charge in [-0.05, 0) is 56.9 Å². The zero-order valence-electron chi connectivity index (χ0n) is 21.5. The van der Waals surface area contributed by atoms with Crippen LogP contribution in [0.25, 0.3) is 39.3 Å². The number of nitrogens with one attached hydrogen (secondary N) is 3. The quantitative estimate of drug-likeness (QED) is 0.185. The summed E-state index contributed by atoms with van der Waals surface area (Å²) in [5.74, 6) is 1.25. The van der Waals surface area contributed by atoms with Gasteiger partial charge in [0.2, 0.25) is 0 Å². The number of fused-ring (bicyclic) bond motifs is 1. The smallest absolute Gasteiger partial charge is 0.159 e. The summed E-state index contributed by atoms with van der Waals surface area (Å²) in [6, 6.07) is 8.35. The normalized spacial score (nSPS) is 14.0. The molecule has 1 aliphatic rings. The number of aromatic amines is 2. The summed E-state index contributed by atoms with van der Waals surface area (Å²) in [6.45, 7) is 12.3. The molecular formula is C30H29N7S. The number of pyridine rings is 2. The van der Waals surface area contributed by atoms with Gasteiger partial charge in [-0.3, -0.25) is 15.1 Å². The monoisotopic (exact) mass is 519 g/mol. The van der Waals surface area contributed by atoms with E-state index in [-0.39, 0.29) is 0 Å². The average Bonchev–Trinajstić information content (AvgIpc) is 3.59. The van der Waals surface area contributed by atoms with Crippen molar-refractivity contribution in [1.29, 1.82) is 0 Å². The van der Waals surface area contributed by atoms with E-state index in [2.05, 4.69) is 68.7 Å². The summed E-state index contributed by atoms with van der Waals surface area (Å²) in [6.07, 6.45) is 13.0. The Morgan fingerprint density at radius 1 is 1.16 bits per heavy atom. The molecule has 0 aliphatic heterocycles. The number of H-pyrrole nitrogens is 2. The fourth-order valence-electron chi connectivity index (χ4n) is 4.76. The zero-order valence-corrected chi connectivity index (χ0v) is 22.3. The van der Waals surface area contributed by atoms with E-state index in [1.807, 2.05) is 37.7 Å². The SMILES string of the molecule is C=C/C=C(/c1ccc(C)s1)c1nc(-c2n[nH]c3cnc(-c4cncc(NC(=C)C5CCC5)c4)cc23)[nH]c1C. The van der Waals surface area contributed by atoms with E-state index >= 15 is 0 Å². The topological polar surface area (TPSA) is 95.2 Å². The molecule has 7 nitrogen and oxygen atoms in total. The number of anilines is 1. The number of aryl methyl sites for hydroxylation is 2. The van der Waals surface area contributed by atoms with Crippen LogP contribution in [0.2, 0.25) is 0 Å². The fraction of sp³-hybridized carbons (Fsp3) is 0.200. The van der Waals surface area contributed by atoms with E-state index in [4.69, 9.17) is 4.98 Å². The molecule has 38 heavy (non-hydrogen) atoms. The van der Waals surface area contributed by atoms with Crippen molar-refractivity contribution >= 4 is 33.5 Å². The van der Waals surface area contributed by atoms with Gasteiger partial charge in [0.25, 0.3) is 0 Å². The van der Waals surface area contributed by atoms with E-state index < -0.39 is 0 Å². The molecule has 0 amide bonds. The Balaban J connectivity index is 1.35. The van der Waals surface area contributed by atoms with Crippen LogP contribution >= 0.6 is 11.3 Å². The van der Waals surface area contributed by atoms with Crippen molar-refractivity contribution in [3.63, 3.8) is 0 Å². The molecule has 0 bridgehead atoms. The molecule has 5 aromatic rings. The molecule has 8 heteroatoms. The number of rotatable bonds is 8. The minimum atomic E-state index is 0.550. The molecule has 0 radical (unpaired) electrons. The van der Waals surface area contributed by atoms with Gasteiger partial charge in [0, 0.05) is 43.9 Å². The highest BCUT2D eigenvalue weighted by Gasteiger charge is 2.21. The lowest BCUT2D eigenvalue weighted by molar-refractivity contribution is 0.371. The first-order valence-corrected chi connectivity index (χ1v) is 13.5. The van der Waals surface area contributed by atoms with Crippen molar-refractivity contribution in [1.82, 2.24) is 30.1 Å². The lowest BCUT2D eigenvalue weighted by Crippen LogP contribution is -2.18. The van der Waals surface area contributed by atoms with Crippen molar-refractivity contribution < 1.29 is 0 Å². The van der Waals surface area contributed by atoms with E-state index in [0.717, 1.165) is 61.1 Å². The number of allylic oxidation sites excluding steroid dienone is 3. The molecule has 0 saturated heterocycles. The summed E-state index contributed by atoms with van der Waals surface area (Å²) < 4.78 is 0. The summed E-state index contributed by atoms with van der Waals surface area (Å²) >= 11 is 1.74. The average molecular weight is 520 g/mol. The Hall–Kier alpha value is -4.30. The molecule has 0 spiro atoms. The summed E-state index contributed by atoms with van der Waals surface area (Å²) in [5, 5.41) is 12.1. The molecule has 1 aliphatic carbocycles. The molecule has 1 fully saturated rings. The predicted octanol–water partition coefficient (Wildman–Crippen LogP) is 7.43. The van der Waals surface area contributed by atoms with E-state index in [9.17, 15) is 0 Å². The van der Waals surface area contributed by atoms with Gasteiger partial charge in [-0.2, -0.15) is 5.10 Å². The number of nitrogens with zero attached hydrogens (tertiary/aromatic N) is 4. The number of hydrogen-bond donors (Lipinski definition) is 3. The van der Waals surface area contributed by atoms with E-state index in [0.29, 0.717) is 11.7 Å². The van der Waals surface area contributed by atoms with Gasteiger partial charge in [0.05, 0.1) is 35.0 Å². The fourth-order valence-corrected chi connectivity index (χ4v) is 5.65. The van der Waals surface area contributed by atoms with E-state index in [1.54, 1.807) is 17.4 Å².